The lowest BCUT2D eigenvalue weighted by Gasteiger charge is -2.15. The largest absolute Gasteiger partial charge is 0.348 e. The van der Waals surface area contributed by atoms with E-state index in [0.717, 1.165) is 29.9 Å². The van der Waals surface area contributed by atoms with Gasteiger partial charge in [0.15, 0.2) is 11.5 Å². The summed E-state index contributed by atoms with van der Waals surface area (Å²) < 4.78 is 1.87. The van der Waals surface area contributed by atoms with Gasteiger partial charge in [0.2, 0.25) is 5.91 Å². The van der Waals surface area contributed by atoms with Crippen LogP contribution in [0.2, 0.25) is 5.02 Å². The van der Waals surface area contributed by atoms with Crippen LogP contribution in [0.5, 0.6) is 0 Å². The molecule has 3 aromatic rings. The van der Waals surface area contributed by atoms with Crippen LogP contribution in [-0.2, 0) is 16.8 Å². The van der Waals surface area contributed by atoms with Crippen LogP contribution in [0.25, 0.3) is 5.65 Å². The quantitative estimate of drug-likeness (QED) is 0.802. The molecule has 2 heterocycles. The van der Waals surface area contributed by atoms with Crippen molar-refractivity contribution in [3.05, 3.63) is 65.1 Å². The molecule has 0 saturated heterocycles. The van der Waals surface area contributed by atoms with E-state index >= 15 is 0 Å². The van der Waals surface area contributed by atoms with Crippen molar-refractivity contribution in [2.24, 2.45) is 0 Å². The van der Waals surface area contributed by atoms with Crippen molar-refractivity contribution in [2.75, 3.05) is 0 Å². The number of benzene rings is 1. The van der Waals surface area contributed by atoms with E-state index in [-0.39, 0.29) is 5.91 Å². The molecule has 0 radical (unpaired) electrons. The molecule has 1 saturated carbocycles. The summed E-state index contributed by atoms with van der Waals surface area (Å²) in [6.45, 7) is 0.354. The van der Waals surface area contributed by atoms with Crippen molar-refractivity contribution >= 4 is 23.2 Å². The Kier molecular flexibility index (Phi) is 3.31. The minimum absolute atomic E-state index is 0.0208. The molecular weight excluding hydrogens is 312 g/mol. The summed E-state index contributed by atoms with van der Waals surface area (Å²) in [6.07, 6.45) is 3.58. The number of halogens is 1. The number of hydrogen-bond acceptors (Lipinski definition) is 3. The Morgan fingerprint density at radius 2 is 2.09 bits per heavy atom. The Balaban J connectivity index is 1.52. The third-order valence-electron chi connectivity index (χ3n) is 4.35. The van der Waals surface area contributed by atoms with Crippen molar-refractivity contribution < 1.29 is 4.79 Å². The maximum atomic E-state index is 12.7. The molecule has 1 N–H and O–H groups in total. The maximum Gasteiger partial charge on any atom is 0.231 e. The highest BCUT2D eigenvalue weighted by Crippen LogP contribution is 2.48. The lowest BCUT2D eigenvalue weighted by molar-refractivity contribution is -0.123. The van der Waals surface area contributed by atoms with Crippen LogP contribution in [0.15, 0.2) is 48.7 Å². The third kappa shape index (κ3) is 2.47. The second-order valence-electron chi connectivity index (χ2n) is 5.82. The van der Waals surface area contributed by atoms with Gasteiger partial charge in [0.25, 0.3) is 0 Å². The van der Waals surface area contributed by atoms with Crippen molar-refractivity contribution in [2.45, 2.75) is 24.8 Å². The van der Waals surface area contributed by atoms with Gasteiger partial charge in [0.1, 0.15) is 0 Å². The van der Waals surface area contributed by atoms with Crippen LogP contribution in [0.3, 0.4) is 0 Å². The maximum absolute atomic E-state index is 12.7. The first kappa shape index (κ1) is 14.2. The molecule has 1 aromatic carbocycles. The molecule has 1 fully saturated rings. The van der Waals surface area contributed by atoms with E-state index in [1.165, 1.54) is 0 Å². The Bertz CT molecular complexity index is 885. The summed E-state index contributed by atoms with van der Waals surface area (Å²) in [4.78, 5) is 12.7. The number of carbonyl (C=O) groups is 1. The van der Waals surface area contributed by atoms with E-state index in [9.17, 15) is 4.79 Å². The summed E-state index contributed by atoms with van der Waals surface area (Å²) >= 11 is 6.05. The third-order valence-corrected chi connectivity index (χ3v) is 4.59. The Hall–Kier alpha value is -2.40. The van der Waals surface area contributed by atoms with Gasteiger partial charge in [-0.3, -0.25) is 9.20 Å². The summed E-state index contributed by atoms with van der Waals surface area (Å²) in [5.41, 5.74) is 1.31. The number of amides is 1. The second kappa shape index (κ2) is 5.35. The highest BCUT2D eigenvalue weighted by molar-refractivity contribution is 6.30. The van der Waals surface area contributed by atoms with E-state index in [1.807, 2.05) is 53.1 Å². The zero-order valence-corrected chi connectivity index (χ0v) is 13.1. The molecule has 1 aliphatic rings. The molecule has 116 valence electrons. The van der Waals surface area contributed by atoms with Crippen LogP contribution in [-0.4, -0.2) is 20.5 Å². The minimum atomic E-state index is -0.439. The lowest BCUT2D eigenvalue weighted by atomic mass is 9.95. The number of aromatic nitrogens is 3. The van der Waals surface area contributed by atoms with Gasteiger partial charge in [0, 0.05) is 11.2 Å². The van der Waals surface area contributed by atoms with E-state index in [1.54, 1.807) is 0 Å². The second-order valence-corrected chi connectivity index (χ2v) is 6.26. The zero-order valence-electron chi connectivity index (χ0n) is 12.4. The molecule has 0 unspecified atom stereocenters. The van der Waals surface area contributed by atoms with Gasteiger partial charge in [-0.2, -0.15) is 0 Å². The number of carbonyl (C=O) groups excluding carboxylic acids is 1. The fraction of sp³-hybridized carbons (Fsp3) is 0.235. The molecule has 4 rings (SSSR count). The fourth-order valence-corrected chi connectivity index (χ4v) is 3.09. The van der Waals surface area contributed by atoms with Crippen LogP contribution < -0.4 is 5.32 Å². The lowest BCUT2D eigenvalue weighted by Crippen LogP contribution is -2.34. The first-order valence-corrected chi connectivity index (χ1v) is 7.90. The summed E-state index contributed by atoms with van der Waals surface area (Å²) in [6, 6.07) is 13.2. The van der Waals surface area contributed by atoms with E-state index in [2.05, 4.69) is 15.5 Å². The predicted molar refractivity (Wildman–Crippen MR) is 87.2 cm³/mol. The minimum Gasteiger partial charge on any atom is -0.348 e. The zero-order chi connectivity index (χ0) is 15.9. The average Bonchev–Trinajstić information content (AvgIpc) is 3.28. The van der Waals surface area contributed by atoms with E-state index in [0.29, 0.717) is 11.6 Å². The predicted octanol–water partition coefficient (Wildman–Crippen LogP) is 2.73. The van der Waals surface area contributed by atoms with Gasteiger partial charge in [-0.1, -0.05) is 29.8 Å². The first-order valence-electron chi connectivity index (χ1n) is 7.52. The molecule has 0 spiro atoms. The van der Waals surface area contributed by atoms with Crippen LogP contribution in [0, 0.1) is 0 Å². The van der Waals surface area contributed by atoms with Gasteiger partial charge >= 0.3 is 0 Å². The van der Waals surface area contributed by atoms with Crippen LogP contribution >= 0.6 is 11.6 Å². The number of nitrogens with zero attached hydrogens (tertiary/aromatic N) is 3. The number of pyridine rings is 1. The van der Waals surface area contributed by atoms with Gasteiger partial charge < -0.3 is 5.32 Å². The molecule has 23 heavy (non-hydrogen) atoms. The number of rotatable bonds is 4. The Morgan fingerprint density at radius 3 is 2.87 bits per heavy atom. The van der Waals surface area contributed by atoms with Crippen molar-refractivity contribution in [1.82, 2.24) is 19.9 Å². The van der Waals surface area contributed by atoms with Gasteiger partial charge in [-0.05, 0) is 42.7 Å². The highest BCUT2D eigenvalue weighted by Gasteiger charge is 2.51. The smallest absolute Gasteiger partial charge is 0.231 e. The Labute approximate surface area is 138 Å². The van der Waals surface area contributed by atoms with Gasteiger partial charge in [0.05, 0.1) is 12.0 Å². The average molecular weight is 327 g/mol. The van der Waals surface area contributed by atoms with Crippen molar-refractivity contribution in [3.8, 4) is 0 Å². The van der Waals surface area contributed by atoms with E-state index in [4.69, 9.17) is 11.6 Å². The summed E-state index contributed by atoms with van der Waals surface area (Å²) in [5.74, 6) is 0.739. The standard InChI is InChI=1S/C17H15ClN4O/c18-13-5-3-4-12(10-13)17(7-8-17)16(23)19-11-15-21-20-14-6-1-2-9-22(14)15/h1-6,9-10H,7-8,11H2,(H,19,23). The molecule has 1 aliphatic carbocycles. The molecule has 0 bridgehead atoms. The number of hydrogen-bond donors (Lipinski definition) is 1. The molecular formula is C17H15ClN4O. The topological polar surface area (TPSA) is 59.3 Å². The molecule has 0 atom stereocenters. The molecule has 5 nitrogen and oxygen atoms in total. The normalized spacial score (nSPS) is 15.5. The molecule has 0 aliphatic heterocycles. The van der Waals surface area contributed by atoms with Crippen molar-refractivity contribution in [3.63, 3.8) is 0 Å². The van der Waals surface area contributed by atoms with Gasteiger partial charge in [-0.15, -0.1) is 10.2 Å². The summed E-state index contributed by atoms with van der Waals surface area (Å²) in [5, 5.41) is 11.9. The number of nitrogens with one attached hydrogen (secondary N) is 1. The number of fused-ring (bicyclic) bond motifs is 1. The molecule has 2 aromatic heterocycles. The van der Waals surface area contributed by atoms with Gasteiger partial charge in [-0.25, -0.2) is 0 Å². The van der Waals surface area contributed by atoms with E-state index < -0.39 is 5.41 Å². The van der Waals surface area contributed by atoms with Crippen LogP contribution in [0.4, 0.5) is 0 Å². The monoisotopic (exact) mass is 326 g/mol. The first-order chi connectivity index (χ1) is 11.2. The Morgan fingerprint density at radius 1 is 1.22 bits per heavy atom. The van der Waals surface area contributed by atoms with Crippen LogP contribution in [0.1, 0.15) is 24.2 Å². The molecule has 6 heteroatoms. The molecule has 1 amide bonds. The van der Waals surface area contributed by atoms with Crippen molar-refractivity contribution in [1.29, 1.82) is 0 Å². The highest BCUT2D eigenvalue weighted by atomic mass is 35.5. The summed E-state index contributed by atoms with van der Waals surface area (Å²) in [7, 11) is 0. The fourth-order valence-electron chi connectivity index (χ4n) is 2.90. The SMILES string of the molecule is O=C(NCc1nnc2ccccn12)C1(c2cccc(Cl)c2)CC1.